The van der Waals surface area contributed by atoms with E-state index in [1.807, 2.05) is 6.07 Å². The molecule has 0 radical (unpaired) electrons. The number of piperidine rings is 1. The average molecular weight is 429 g/mol. The van der Waals surface area contributed by atoms with Crippen LogP contribution in [0, 0.1) is 0 Å². The number of carbonyl (C=O) groups is 3. The van der Waals surface area contributed by atoms with Gasteiger partial charge in [-0.3, -0.25) is 19.4 Å². The van der Waals surface area contributed by atoms with Crippen LogP contribution in [-0.4, -0.2) is 46.7 Å². The van der Waals surface area contributed by atoms with Crippen molar-refractivity contribution < 1.29 is 19.1 Å². The van der Waals surface area contributed by atoms with E-state index in [-0.39, 0.29) is 23.5 Å². The number of aromatic nitrogens is 1. The lowest BCUT2D eigenvalue weighted by Crippen LogP contribution is -2.44. The van der Waals surface area contributed by atoms with Crippen molar-refractivity contribution in [2.45, 2.75) is 18.9 Å². The summed E-state index contributed by atoms with van der Waals surface area (Å²) in [6.07, 6.45) is 2.75. The highest BCUT2D eigenvalue weighted by molar-refractivity contribution is 6.15. The van der Waals surface area contributed by atoms with Crippen molar-refractivity contribution in [3.63, 3.8) is 0 Å². The Morgan fingerprint density at radius 3 is 2.44 bits per heavy atom. The maximum absolute atomic E-state index is 13.3. The quantitative estimate of drug-likeness (QED) is 0.607. The largest absolute Gasteiger partial charge is 0.488 e. The number of rotatable bonds is 6. The molecule has 0 aliphatic carbocycles. The first-order valence-electron chi connectivity index (χ1n) is 10.4. The fourth-order valence-corrected chi connectivity index (χ4v) is 3.81. The van der Waals surface area contributed by atoms with E-state index in [4.69, 9.17) is 10.5 Å². The van der Waals surface area contributed by atoms with E-state index in [1.54, 1.807) is 59.5 Å². The van der Waals surface area contributed by atoms with Crippen LogP contribution in [0.15, 0.2) is 72.9 Å². The maximum Gasteiger partial charge on any atom is 0.267 e. The first kappa shape index (κ1) is 21.2. The van der Waals surface area contributed by atoms with E-state index >= 15 is 0 Å². The third-order valence-corrected chi connectivity index (χ3v) is 5.39. The number of benzene rings is 2. The van der Waals surface area contributed by atoms with E-state index < -0.39 is 5.91 Å². The van der Waals surface area contributed by atoms with E-state index in [1.165, 1.54) is 12.3 Å². The topological polar surface area (TPSA) is 103 Å². The Kier molecular flexibility index (Phi) is 6.26. The molecule has 2 N–H and O–H groups in total. The van der Waals surface area contributed by atoms with Crippen LogP contribution in [0.1, 0.15) is 49.6 Å². The van der Waals surface area contributed by atoms with Crippen LogP contribution < -0.4 is 10.5 Å². The van der Waals surface area contributed by atoms with Gasteiger partial charge in [-0.05, 0) is 25.0 Å². The molecular weight excluding hydrogens is 406 g/mol. The number of hydrogen-bond donors (Lipinski definition) is 1. The number of likely N-dealkylation sites (tertiary alicyclic amines) is 1. The second-order valence-corrected chi connectivity index (χ2v) is 7.62. The first-order valence-corrected chi connectivity index (χ1v) is 10.4. The van der Waals surface area contributed by atoms with Gasteiger partial charge in [0, 0.05) is 29.9 Å². The monoisotopic (exact) mass is 429 g/mol. The molecular formula is C25H23N3O4. The second kappa shape index (κ2) is 9.43. The Morgan fingerprint density at radius 2 is 1.69 bits per heavy atom. The van der Waals surface area contributed by atoms with E-state index in [0.29, 0.717) is 35.5 Å². The Balaban J connectivity index is 1.51. The van der Waals surface area contributed by atoms with E-state index in [9.17, 15) is 14.4 Å². The molecule has 2 amide bonds. The number of pyridine rings is 1. The van der Waals surface area contributed by atoms with Gasteiger partial charge in [0.1, 0.15) is 17.5 Å². The van der Waals surface area contributed by atoms with Crippen molar-refractivity contribution in [1.82, 2.24) is 9.88 Å². The molecule has 0 bridgehead atoms. The molecule has 1 aromatic heterocycles. The molecule has 1 aliphatic rings. The fraction of sp³-hybridized carbons (Fsp3) is 0.200. The zero-order valence-corrected chi connectivity index (χ0v) is 17.4. The van der Waals surface area contributed by atoms with Gasteiger partial charge < -0.3 is 15.4 Å². The van der Waals surface area contributed by atoms with Crippen LogP contribution in [-0.2, 0) is 0 Å². The number of ketones is 1. The first-order chi connectivity index (χ1) is 15.5. The summed E-state index contributed by atoms with van der Waals surface area (Å²) in [6, 6.07) is 19.0. The number of hydrogen-bond acceptors (Lipinski definition) is 5. The zero-order chi connectivity index (χ0) is 22.5. The third kappa shape index (κ3) is 4.67. The number of carbonyl (C=O) groups excluding carboxylic acids is 3. The van der Waals surface area contributed by atoms with E-state index in [2.05, 4.69) is 4.98 Å². The molecule has 162 valence electrons. The molecule has 7 nitrogen and oxygen atoms in total. The van der Waals surface area contributed by atoms with Crippen molar-refractivity contribution in [3.8, 4) is 5.75 Å². The molecule has 2 aromatic carbocycles. The molecule has 3 aromatic rings. The Hall–Kier alpha value is -4.00. The van der Waals surface area contributed by atoms with Gasteiger partial charge >= 0.3 is 0 Å². The third-order valence-electron chi connectivity index (χ3n) is 5.39. The summed E-state index contributed by atoms with van der Waals surface area (Å²) < 4.78 is 6.00. The predicted molar refractivity (Wildman–Crippen MR) is 119 cm³/mol. The van der Waals surface area contributed by atoms with Crippen molar-refractivity contribution in [3.05, 3.63) is 95.3 Å². The Bertz CT molecular complexity index is 1150. The predicted octanol–water partition coefficient (Wildman–Crippen LogP) is 3.10. The van der Waals surface area contributed by atoms with Gasteiger partial charge in [0.15, 0.2) is 5.78 Å². The standard InChI is InChI=1S/C25H23N3O4/c26-24(30)22-15-18(12-13-27-22)32-19-9-6-14-28(16-19)25(31)21-11-5-4-10-20(21)23(29)17-7-2-1-3-8-17/h1-5,7-8,10-13,15,19H,6,9,14,16H2,(H2,26,30). The second-order valence-electron chi connectivity index (χ2n) is 7.62. The molecule has 1 aliphatic heterocycles. The molecule has 1 atom stereocenters. The normalized spacial score (nSPS) is 15.8. The lowest BCUT2D eigenvalue weighted by molar-refractivity contribution is 0.0535. The smallest absolute Gasteiger partial charge is 0.267 e. The number of nitrogens with two attached hydrogens (primary N) is 1. The fourth-order valence-electron chi connectivity index (χ4n) is 3.81. The van der Waals surface area contributed by atoms with Gasteiger partial charge in [-0.25, -0.2) is 0 Å². The van der Waals surface area contributed by atoms with Gasteiger partial charge in [-0.1, -0.05) is 48.5 Å². The van der Waals surface area contributed by atoms with Crippen molar-refractivity contribution >= 4 is 17.6 Å². The minimum atomic E-state index is -0.629. The summed E-state index contributed by atoms with van der Waals surface area (Å²) in [5.41, 5.74) is 6.71. The van der Waals surface area contributed by atoms with Gasteiger partial charge in [0.05, 0.1) is 12.1 Å². The van der Waals surface area contributed by atoms with Crippen molar-refractivity contribution in [2.24, 2.45) is 5.73 Å². The van der Waals surface area contributed by atoms with Gasteiger partial charge in [-0.15, -0.1) is 0 Å². The molecule has 4 rings (SSSR count). The highest BCUT2D eigenvalue weighted by Gasteiger charge is 2.28. The number of amides is 2. The molecule has 2 heterocycles. The number of primary amides is 1. The summed E-state index contributed by atoms with van der Waals surface area (Å²) >= 11 is 0. The average Bonchev–Trinajstić information content (AvgIpc) is 2.84. The molecule has 7 heteroatoms. The maximum atomic E-state index is 13.3. The van der Waals surface area contributed by atoms with Crippen LogP contribution in [0.25, 0.3) is 0 Å². The highest BCUT2D eigenvalue weighted by Crippen LogP contribution is 2.22. The van der Waals surface area contributed by atoms with Gasteiger partial charge in [-0.2, -0.15) is 0 Å². The molecule has 1 fully saturated rings. The summed E-state index contributed by atoms with van der Waals surface area (Å²) in [5.74, 6) is -0.538. The highest BCUT2D eigenvalue weighted by atomic mass is 16.5. The lowest BCUT2D eigenvalue weighted by atomic mass is 9.97. The van der Waals surface area contributed by atoms with Crippen molar-refractivity contribution in [2.75, 3.05) is 13.1 Å². The SMILES string of the molecule is NC(=O)c1cc(OC2CCCN(C(=O)c3ccccc3C(=O)c3ccccc3)C2)ccn1. The summed E-state index contributed by atoms with van der Waals surface area (Å²) in [4.78, 5) is 43.3. The lowest BCUT2D eigenvalue weighted by Gasteiger charge is -2.33. The van der Waals surface area contributed by atoms with E-state index in [0.717, 1.165) is 12.8 Å². The molecule has 0 spiro atoms. The van der Waals surface area contributed by atoms with Crippen molar-refractivity contribution in [1.29, 1.82) is 0 Å². The van der Waals surface area contributed by atoms with Crippen LogP contribution in [0.5, 0.6) is 5.75 Å². The van der Waals surface area contributed by atoms with Crippen LogP contribution in [0.3, 0.4) is 0 Å². The zero-order valence-electron chi connectivity index (χ0n) is 17.4. The Morgan fingerprint density at radius 1 is 0.969 bits per heavy atom. The minimum Gasteiger partial charge on any atom is -0.488 e. The molecule has 32 heavy (non-hydrogen) atoms. The summed E-state index contributed by atoms with van der Waals surface area (Å²) in [7, 11) is 0. The van der Waals surface area contributed by atoms with Crippen LogP contribution >= 0.6 is 0 Å². The van der Waals surface area contributed by atoms with Crippen LogP contribution in [0.2, 0.25) is 0 Å². The molecule has 0 saturated carbocycles. The van der Waals surface area contributed by atoms with Gasteiger partial charge in [0.25, 0.3) is 11.8 Å². The minimum absolute atomic E-state index is 0.125. The Labute approximate surface area is 185 Å². The molecule has 1 unspecified atom stereocenters. The van der Waals surface area contributed by atoms with Crippen LogP contribution in [0.4, 0.5) is 0 Å². The number of ether oxygens (including phenoxy) is 1. The number of nitrogens with zero attached hydrogens (tertiary/aromatic N) is 2. The summed E-state index contributed by atoms with van der Waals surface area (Å²) in [6.45, 7) is 0.955. The molecule has 1 saturated heterocycles. The van der Waals surface area contributed by atoms with Gasteiger partial charge in [0.2, 0.25) is 0 Å². The summed E-state index contributed by atoms with van der Waals surface area (Å²) in [5, 5.41) is 0.